The summed E-state index contributed by atoms with van der Waals surface area (Å²) in [5.41, 5.74) is 3.50. The molecule has 0 spiro atoms. The molecule has 0 atom stereocenters. The van der Waals surface area contributed by atoms with Gasteiger partial charge in [-0.3, -0.25) is 9.47 Å². The number of hydrogen-bond donors (Lipinski definition) is 0. The number of aryl methyl sites for hydroxylation is 1. The zero-order valence-corrected chi connectivity index (χ0v) is 15.3. The molecule has 5 nitrogen and oxygen atoms in total. The third-order valence-corrected chi connectivity index (χ3v) is 5.05. The van der Waals surface area contributed by atoms with Crippen LogP contribution in [0.2, 0.25) is 0 Å². The smallest absolute Gasteiger partial charge is 0.408 e. The van der Waals surface area contributed by atoms with Crippen LogP contribution in [0.25, 0.3) is 17.2 Å². The lowest BCUT2D eigenvalue weighted by molar-refractivity contribution is 0.284. The molecule has 1 aromatic heterocycles. The van der Waals surface area contributed by atoms with E-state index < -0.39 is 0 Å². The first-order valence-corrected chi connectivity index (χ1v) is 9.09. The minimum Gasteiger partial charge on any atom is -0.408 e. The van der Waals surface area contributed by atoms with Gasteiger partial charge in [0.15, 0.2) is 5.58 Å². The summed E-state index contributed by atoms with van der Waals surface area (Å²) >= 11 is 0. The molecule has 1 saturated heterocycles. The minimum absolute atomic E-state index is 0.199. The molecule has 140 valence electrons. The molecular weight excluding hydrogens is 345 g/mol. The van der Waals surface area contributed by atoms with Gasteiger partial charge >= 0.3 is 5.76 Å². The number of oxazole rings is 1. The number of piperazine rings is 1. The highest BCUT2D eigenvalue weighted by molar-refractivity contribution is 5.76. The van der Waals surface area contributed by atoms with Gasteiger partial charge in [0.2, 0.25) is 0 Å². The Kier molecular flexibility index (Phi) is 4.81. The van der Waals surface area contributed by atoms with Gasteiger partial charge in [-0.2, -0.15) is 0 Å². The molecule has 2 aromatic carbocycles. The van der Waals surface area contributed by atoms with Gasteiger partial charge in [0.05, 0.1) is 5.52 Å². The highest BCUT2D eigenvalue weighted by atomic mass is 19.1. The van der Waals surface area contributed by atoms with E-state index in [1.807, 2.05) is 30.3 Å². The molecule has 0 unspecified atom stereocenters. The van der Waals surface area contributed by atoms with E-state index in [9.17, 15) is 9.18 Å². The summed E-state index contributed by atoms with van der Waals surface area (Å²) in [7, 11) is 1.70. The SMILES string of the molecule is Cn1c(=O)oc2cc(C=CCN3CCN(c4ccc(F)cc4)CC3)ccc21. The van der Waals surface area contributed by atoms with E-state index in [0.29, 0.717) is 5.58 Å². The molecular formula is C21H22FN3O2. The highest BCUT2D eigenvalue weighted by Crippen LogP contribution is 2.18. The fraction of sp³-hybridized carbons (Fsp3) is 0.286. The molecule has 0 aliphatic carbocycles. The van der Waals surface area contributed by atoms with Crippen LogP contribution < -0.4 is 10.7 Å². The van der Waals surface area contributed by atoms with E-state index in [2.05, 4.69) is 22.0 Å². The van der Waals surface area contributed by atoms with E-state index in [1.54, 1.807) is 7.05 Å². The highest BCUT2D eigenvalue weighted by Gasteiger charge is 2.16. The molecule has 0 saturated carbocycles. The molecule has 3 aromatic rings. The first kappa shape index (κ1) is 17.5. The van der Waals surface area contributed by atoms with Crippen molar-refractivity contribution in [3.05, 3.63) is 70.5 Å². The van der Waals surface area contributed by atoms with E-state index in [-0.39, 0.29) is 11.6 Å². The average Bonchev–Trinajstić information content (AvgIpc) is 2.96. The van der Waals surface area contributed by atoms with Crippen molar-refractivity contribution in [2.75, 3.05) is 37.6 Å². The summed E-state index contributed by atoms with van der Waals surface area (Å²) in [6.45, 7) is 4.66. The van der Waals surface area contributed by atoms with Crippen molar-refractivity contribution in [3.8, 4) is 0 Å². The summed E-state index contributed by atoms with van der Waals surface area (Å²) < 4.78 is 19.8. The zero-order valence-electron chi connectivity index (χ0n) is 15.3. The topological polar surface area (TPSA) is 41.6 Å². The van der Waals surface area contributed by atoms with Gasteiger partial charge in [-0.05, 0) is 42.0 Å². The van der Waals surface area contributed by atoms with E-state index in [4.69, 9.17) is 4.42 Å². The Morgan fingerprint density at radius 3 is 2.56 bits per heavy atom. The molecule has 1 aliphatic heterocycles. The fourth-order valence-electron chi connectivity index (χ4n) is 3.43. The second kappa shape index (κ2) is 7.40. The zero-order chi connectivity index (χ0) is 18.8. The molecule has 27 heavy (non-hydrogen) atoms. The van der Waals surface area contributed by atoms with Crippen LogP contribution in [-0.4, -0.2) is 42.2 Å². The third-order valence-electron chi connectivity index (χ3n) is 5.05. The quantitative estimate of drug-likeness (QED) is 0.711. The largest absolute Gasteiger partial charge is 0.419 e. The molecule has 0 amide bonds. The van der Waals surface area contributed by atoms with Gasteiger partial charge < -0.3 is 9.32 Å². The van der Waals surface area contributed by atoms with Gasteiger partial charge in [0.25, 0.3) is 0 Å². The number of rotatable bonds is 4. The number of aromatic nitrogens is 1. The number of anilines is 1. The van der Waals surface area contributed by atoms with Crippen LogP contribution in [-0.2, 0) is 7.05 Å². The maximum Gasteiger partial charge on any atom is 0.419 e. The first-order chi connectivity index (χ1) is 13.1. The third kappa shape index (κ3) is 3.80. The Balaban J connectivity index is 1.33. The van der Waals surface area contributed by atoms with Crippen LogP contribution in [0.3, 0.4) is 0 Å². The summed E-state index contributed by atoms with van der Waals surface area (Å²) in [5, 5.41) is 0. The molecule has 0 N–H and O–H groups in total. The van der Waals surface area contributed by atoms with Crippen LogP contribution in [0.1, 0.15) is 5.56 Å². The van der Waals surface area contributed by atoms with Gasteiger partial charge in [-0.1, -0.05) is 18.2 Å². The van der Waals surface area contributed by atoms with Crippen LogP contribution in [0.5, 0.6) is 0 Å². The van der Waals surface area contributed by atoms with Crippen molar-refractivity contribution in [1.82, 2.24) is 9.47 Å². The maximum absolute atomic E-state index is 13.0. The van der Waals surface area contributed by atoms with Crippen molar-refractivity contribution in [2.24, 2.45) is 7.05 Å². The Bertz CT molecular complexity index is 1010. The van der Waals surface area contributed by atoms with Crippen LogP contribution >= 0.6 is 0 Å². The lowest BCUT2D eigenvalue weighted by atomic mass is 10.2. The number of halogens is 1. The van der Waals surface area contributed by atoms with Crippen molar-refractivity contribution >= 4 is 22.9 Å². The molecule has 2 heterocycles. The van der Waals surface area contributed by atoms with Crippen molar-refractivity contribution in [3.63, 3.8) is 0 Å². The predicted octanol–water partition coefficient (Wildman–Crippen LogP) is 3.11. The normalized spacial score (nSPS) is 15.9. The summed E-state index contributed by atoms with van der Waals surface area (Å²) in [5.74, 6) is -0.541. The van der Waals surface area contributed by atoms with E-state index in [0.717, 1.165) is 49.5 Å². The number of benzene rings is 2. The molecule has 6 heteroatoms. The van der Waals surface area contributed by atoms with E-state index in [1.165, 1.54) is 16.7 Å². The van der Waals surface area contributed by atoms with Crippen LogP contribution in [0, 0.1) is 5.82 Å². The standard InChI is InChI=1S/C21H22FN3O2/c1-23-19-9-4-16(15-20(19)27-21(23)26)3-2-10-24-11-13-25(14-12-24)18-7-5-17(22)6-8-18/h2-9,15H,10-14H2,1H3. The molecule has 0 bridgehead atoms. The maximum atomic E-state index is 13.0. The summed E-state index contributed by atoms with van der Waals surface area (Å²) in [6, 6.07) is 12.5. The number of hydrogen-bond acceptors (Lipinski definition) is 4. The Morgan fingerprint density at radius 2 is 1.81 bits per heavy atom. The average molecular weight is 367 g/mol. The van der Waals surface area contributed by atoms with Crippen LogP contribution in [0.4, 0.5) is 10.1 Å². The number of fused-ring (bicyclic) bond motifs is 1. The Morgan fingerprint density at radius 1 is 1.07 bits per heavy atom. The molecule has 1 fully saturated rings. The van der Waals surface area contributed by atoms with Crippen molar-refractivity contribution < 1.29 is 8.81 Å². The minimum atomic E-state index is -0.342. The predicted molar refractivity (Wildman–Crippen MR) is 106 cm³/mol. The van der Waals surface area contributed by atoms with Gasteiger partial charge in [0, 0.05) is 45.5 Å². The first-order valence-electron chi connectivity index (χ1n) is 9.09. The monoisotopic (exact) mass is 367 g/mol. The van der Waals surface area contributed by atoms with E-state index >= 15 is 0 Å². The number of nitrogens with zero attached hydrogens (tertiary/aromatic N) is 3. The van der Waals surface area contributed by atoms with Gasteiger partial charge in [-0.15, -0.1) is 0 Å². The molecule has 4 rings (SSSR count). The second-order valence-electron chi connectivity index (χ2n) is 6.82. The fourth-order valence-corrected chi connectivity index (χ4v) is 3.43. The molecule has 1 aliphatic rings. The Hall–Kier alpha value is -2.86. The van der Waals surface area contributed by atoms with Crippen molar-refractivity contribution in [2.45, 2.75) is 0 Å². The van der Waals surface area contributed by atoms with Crippen LogP contribution in [0.15, 0.2) is 57.8 Å². The summed E-state index contributed by atoms with van der Waals surface area (Å²) in [4.78, 5) is 16.2. The van der Waals surface area contributed by atoms with Gasteiger partial charge in [0.1, 0.15) is 5.82 Å². The lowest BCUT2D eigenvalue weighted by Gasteiger charge is -2.35. The van der Waals surface area contributed by atoms with Crippen molar-refractivity contribution in [1.29, 1.82) is 0 Å². The summed E-state index contributed by atoms with van der Waals surface area (Å²) in [6.07, 6.45) is 4.19. The van der Waals surface area contributed by atoms with Gasteiger partial charge in [-0.25, -0.2) is 9.18 Å². The molecule has 0 radical (unpaired) electrons. The second-order valence-corrected chi connectivity index (χ2v) is 6.82. The Labute approximate surface area is 156 Å². The lowest BCUT2D eigenvalue weighted by Crippen LogP contribution is -2.46.